The molecule has 0 aliphatic carbocycles. The van der Waals surface area contributed by atoms with Crippen LogP contribution in [0.3, 0.4) is 0 Å². The zero-order valence-electron chi connectivity index (χ0n) is 10.8. The Morgan fingerprint density at radius 1 is 1.29 bits per heavy atom. The summed E-state index contributed by atoms with van der Waals surface area (Å²) in [4.78, 5) is 13.2. The highest BCUT2D eigenvalue weighted by Gasteiger charge is 2.21. The maximum absolute atomic E-state index is 11.2. The van der Waals surface area contributed by atoms with Gasteiger partial charge in [0.15, 0.2) is 0 Å². The molecule has 98 valence electrons. The molecule has 2 saturated heterocycles. The van der Waals surface area contributed by atoms with Gasteiger partial charge in [-0.2, -0.15) is 11.8 Å². The molecule has 0 aromatic carbocycles. The second-order valence-electron chi connectivity index (χ2n) is 5.18. The molecule has 1 N–H and O–H groups in total. The second-order valence-corrected chi connectivity index (χ2v) is 6.59. The fourth-order valence-corrected chi connectivity index (χ4v) is 3.92. The molecule has 0 spiro atoms. The van der Waals surface area contributed by atoms with E-state index in [9.17, 15) is 4.79 Å². The van der Waals surface area contributed by atoms with Crippen LogP contribution in [0, 0.1) is 0 Å². The highest BCUT2D eigenvalue weighted by atomic mass is 32.2. The third-order valence-corrected chi connectivity index (χ3v) is 5.25. The lowest BCUT2D eigenvalue weighted by Gasteiger charge is -2.33. The maximum Gasteiger partial charge on any atom is 0.219 e. The van der Waals surface area contributed by atoms with Crippen LogP contribution in [0.15, 0.2) is 0 Å². The summed E-state index contributed by atoms with van der Waals surface area (Å²) >= 11 is 2.13. The maximum atomic E-state index is 11.2. The molecule has 2 fully saturated rings. The van der Waals surface area contributed by atoms with Crippen molar-refractivity contribution in [3.63, 3.8) is 0 Å². The predicted molar refractivity (Wildman–Crippen MR) is 73.4 cm³/mol. The van der Waals surface area contributed by atoms with Gasteiger partial charge in [0, 0.05) is 37.8 Å². The van der Waals surface area contributed by atoms with Gasteiger partial charge in [-0.3, -0.25) is 4.79 Å². The summed E-state index contributed by atoms with van der Waals surface area (Å²) in [5, 5.41) is 4.52. The van der Waals surface area contributed by atoms with E-state index in [0.29, 0.717) is 6.04 Å². The molecule has 17 heavy (non-hydrogen) atoms. The smallest absolute Gasteiger partial charge is 0.219 e. The van der Waals surface area contributed by atoms with E-state index >= 15 is 0 Å². The van der Waals surface area contributed by atoms with E-state index in [4.69, 9.17) is 0 Å². The van der Waals surface area contributed by atoms with Crippen molar-refractivity contribution in [2.24, 2.45) is 0 Å². The van der Waals surface area contributed by atoms with Gasteiger partial charge in [-0.15, -0.1) is 0 Å². The first-order valence-corrected chi connectivity index (χ1v) is 7.91. The van der Waals surface area contributed by atoms with Crippen molar-refractivity contribution in [3.05, 3.63) is 0 Å². The molecule has 1 unspecified atom stereocenters. The van der Waals surface area contributed by atoms with Crippen LogP contribution in [0.1, 0.15) is 39.0 Å². The Balaban J connectivity index is 1.62. The third-order valence-electron chi connectivity index (χ3n) is 3.85. The summed E-state index contributed by atoms with van der Waals surface area (Å²) in [7, 11) is 0. The van der Waals surface area contributed by atoms with Gasteiger partial charge in [-0.05, 0) is 31.4 Å². The van der Waals surface area contributed by atoms with Gasteiger partial charge in [-0.25, -0.2) is 0 Å². The third kappa shape index (κ3) is 4.18. The predicted octanol–water partition coefficient (Wildman–Crippen LogP) is 1.87. The van der Waals surface area contributed by atoms with E-state index in [2.05, 4.69) is 17.1 Å². The number of rotatable bonds is 3. The van der Waals surface area contributed by atoms with Gasteiger partial charge in [-0.1, -0.05) is 6.42 Å². The van der Waals surface area contributed by atoms with Crippen molar-refractivity contribution in [2.45, 2.75) is 50.3 Å². The quantitative estimate of drug-likeness (QED) is 0.837. The molecule has 0 saturated carbocycles. The van der Waals surface area contributed by atoms with Crippen LogP contribution in [0.5, 0.6) is 0 Å². The standard InChI is InChI=1S/C13H24N2OS/c1-11(16)15-7-5-12(6-8-15)14-10-13-4-2-3-9-17-13/h12-14H,2-10H2,1H3. The minimum Gasteiger partial charge on any atom is -0.343 e. The van der Waals surface area contributed by atoms with Gasteiger partial charge >= 0.3 is 0 Å². The van der Waals surface area contributed by atoms with Crippen LogP contribution < -0.4 is 5.32 Å². The lowest BCUT2D eigenvalue weighted by Crippen LogP contribution is -2.45. The topological polar surface area (TPSA) is 32.3 Å². The number of carbonyl (C=O) groups excluding carboxylic acids is 1. The Kier molecular flexibility index (Phi) is 5.16. The Labute approximate surface area is 109 Å². The van der Waals surface area contributed by atoms with E-state index in [-0.39, 0.29) is 5.91 Å². The summed E-state index contributed by atoms with van der Waals surface area (Å²) in [6, 6.07) is 0.633. The first-order valence-electron chi connectivity index (χ1n) is 6.86. The largest absolute Gasteiger partial charge is 0.343 e. The van der Waals surface area contributed by atoms with Crippen molar-refractivity contribution in [1.82, 2.24) is 10.2 Å². The summed E-state index contributed by atoms with van der Waals surface area (Å²) in [6.07, 6.45) is 6.43. The van der Waals surface area contributed by atoms with Crippen LogP contribution in [0.25, 0.3) is 0 Å². The zero-order chi connectivity index (χ0) is 12.1. The Hall–Kier alpha value is -0.220. The molecule has 0 radical (unpaired) electrons. The zero-order valence-corrected chi connectivity index (χ0v) is 11.6. The van der Waals surface area contributed by atoms with E-state index in [1.54, 1.807) is 6.92 Å². The molecule has 1 amide bonds. The molecular weight excluding hydrogens is 232 g/mol. The van der Waals surface area contributed by atoms with Gasteiger partial charge in [0.1, 0.15) is 0 Å². The van der Waals surface area contributed by atoms with Crippen LogP contribution in [0.2, 0.25) is 0 Å². The monoisotopic (exact) mass is 256 g/mol. The van der Waals surface area contributed by atoms with Crippen LogP contribution >= 0.6 is 11.8 Å². The molecule has 0 bridgehead atoms. The number of thioether (sulfide) groups is 1. The highest BCUT2D eigenvalue weighted by Crippen LogP contribution is 2.24. The molecule has 4 heteroatoms. The molecule has 2 aliphatic heterocycles. The van der Waals surface area contributed by atoms with Gasteiger partial charge < -0.3 is 10.2 Å². The van der Waals surface area contributed by atoms with E-state index < -0.39 is 0 Å². The minimum absolute atomic E-state index is 0.228. The van der Waals surface area contributed by atoms with E-state index in [1.165, 1.54) is 25.0 Å². The number of carbonyl (C=O) groups is 1. The molecule has 0 aromatic rings. The summed E-state index contributed by atoms with van der Waals surface area (Å²) in [6.45, 7) is 4.71. The fraction of sp³-hybridized carbons (Fsp3) is 0.923. The van der Waals surface area contributed by atoms with Crippen LogP contribution in [0.4, 0.5) is 0 Å². The molecule has 1 atom stereocenters. The second kappa shape index (κ2) is 6.64. The average Bonchev–Trinajstić information content (AvgIpc) is 2.38. The van der Waals surface area contributed by atoms with Gasteiger partial charge in [0.25, 0.3) is 0 Å². The summed E-state index contributed by atoms with van der Waals surface area (Å²) < 4.78 is 0. The highest BCUT2D eigenvalue weighted by molar-refractivity contribution is 7.99. The normalized spacial score (nSPS) is 27.1. The van der Waals surface area contributed by atoms with Crippen molar-refractivity contribution in [3.8, 4) is 0 Å². The van der Waals surface area contributed by atoms with E-state index in [1.807, 2.05) is 4.90 Å². The number of piperidine rings is 1. The lowest BCUT2D eigenvalue weighted by atomic mass is 10.0. The Morgan fingerprint density at radius 3 is 2.65 bits per heavy atom. The van der Waals surface area contributed by atoms with Gasteiger partial charge in [0.05, 0.1) is 0 Å². The Morgan fingerprint density at radius 2 is 2.06 bits per heavy atom. The number of nitrogens with zero attached hydrogens (tertiary/aromatic N) is 1. The Bertz CT molecular complexity index is 246. The average molecular weight is 256 g/mol. The number of likely N-dealkylation sites (tertiary alicyclic amines) is 1. The first kappa shape index (κ1) is 13.2. The van der Waals surface area contributed by atoms with Crippen molar-refractivity contribution in [1.29, 1.82) is 0 Å². The molecule has 0 aromatic heterocycles. The summed E-state index contributed by atoms with van der Waals surface area (Å²) in [5.74, 6) is 1.57. The van der Waals surface area contributed by atoms with E-state index in [0.717, 1.165) is 37.7 Å². The minimum atomic E-state index is 0.228. The number of amides is 1. The molecular formula is C13H24N2OS. The van der Waals surface area contributed by atoms with Crippen molar-refractivity contribution < 1.29 is 4.79 Å². The lowest BCUT2D eigenvalue weighted by molar-refractivity contribution is -0.129. The molecule has 3 nitrogen and oxygen atoms in total. The van der Waals surface area contributed by atoms with Gasteiger partial charge in [0.2, 0.25) is 5.91 Å². The molecule has 2 aliphatic rings. The summed E-state index contributed by atoms with van der Waals surface area (Å²) in [5.41, 5.74) is 0. The van der Waals surface area contributed by atoms with Crippen molar-refractivity contribution in [2.75, 3.05) is 25.4 Å². The number of nitrogens with one attached hydrogen (secondary N) is 1. The molecule has 2 heterocycles. The fourth-order valence-electron chi connectivity index (χ4n) is 2.67. The van der Waals surface area contributed by atoms with Crippen molar-refractivity contribution >= 4 is 17.7 Å². The first-order chi connectivity index (χ1) is 8.25. The SMILES string of the molecule is CC(=O)N1CCC(NCC2CCCCS2)CC1. The van der Waals surface area contributed by atoms with Crippen LogP contribution in [-0.4, -0.2) is 47.5 Å². The number of hydrogen-bond acceptors (Lipinski definition) is 3. The number of hydrogen-bond donors (Lipinski definition) is 1. The molecule has 2 rings (SSSR count). The van der Waals surface area contributed by atoms with Crippen LogP contribution in [-0.2, 0) is 4.79 Å².